The molecule has 0 aromatic rings. The molecule has 0 saturated heterocycles. The van der Waals surface area contributed by atoms with Crippen LogP contribution in [0.4, 0.5) is 0 Å². The Balaban J connectivity index is 4.02. The number of rotatable bonds is 7. The highest BCUT2D eigenvalue weighted by Gasteiger charge is 2.22. The Labute approximate surface area is 83.5 Å². The van der Waals surface area contributed by atoms with Crippen molar-refractivity contribution in [2.45, 2.75) is 52.5 Å². The fraction of sp³-hybridized carbons (Fsp3) is 1.00. The Hall–Kier alpha value is -0.0800. The summed E-state index contributed by atoms with van der Waals surface area (Å²) in [6, 6.07) is 0. The second kappa shape index (κ2) is 6.39. The first-order chi connectivity index (χ1) is 6.11. The average Bonchev–Trinajstić information content (AvgIpc) is 2.17. The van der Waals surface area contributed by atoms with Gasteiger partial charge in [-0.15, -0.1) is 0 Å². The molecule has 0 fully saturated rings. The largest absolute Gasteiger partial charge is 0.324 e. The van der Waals surface area contributed by atoms with Gasteiger partial charge in [-0.25, -0.2) is 0 Å². The van der Waals surface area contributed by atoms with Crippen LogP contribution in [0.25, 0.3) is 0 Å². The van der Waals surface area contributed by atoms with E-state index in [9.17, 15) is 0 Å². The molecule has 2 N–H and O–H groups in total. The maximum Gasteiger partial charge on any atom is 0.0278 e. The molecule has 0 aliphatic carbocycles. The molecule has 0 bridgehead atoms. The van der Waals surface area contributed by atoms with Crippen LogP contribution in [0.3, 0.4) is 0 Å². The van der Waals surface area contributed by atoms with E-state index in [1.54, 1.807) is 0 Å². The van der Waals surface area contributed by atoms with Crippen LogP contribution in [-0.2, 0) is 0 Å². The van der Waals surface area contributed by atoms with Gasteiger partial charge < -0.3 is 10.6 Å². The summed E-state index contributed by atoms with van der Waals surface area (Å²) in [5.74, 6) is 0. The third-order valence-corrected chi connectivity index (χ3v) is 2.93. The van der Waals surface area contributed by atoms with E-state index in [0.29, 0.717) is 0 Å². The Kier molecular flexibility index (Phi) is 6.35. The quantitative estimate of drug-likeness (QED) is 0.660. The molecule has 0 aromatic carbocycles. The molecule has 0 rings (SSSR count). The lowest BCUT2D eigenvalue weighted by Crippen LogP contribution is -2.49. The third kappa shape index (κ3) is 4.63. The zero-order chi connectivity index (χ0) is 10.3. The smallest absolute Gasteiger partial charge is 0.0278 e. The fourth-order valence-electron chi connectivity index (χ4n) is 1.58. The first-order valence-corrected chi connectivity index (χ1v) is 5.63. The Morgan fingerprint density at radius 2 is 1.62 bits per heavy atom. The van der Waals surface area contributed by atoms with Crippen molar-refractivity contribution in [3.8, 4) is 0 Å². The van der Waals surface area contributed by atoms with Crippen LogP contribution < -0.4 is 5.73 Å². The molecule has 0 aliphatic heterocycles. The number of nitrogens with two attached hydrogens (primary N) is 1. The first kappa shape index (κ1) is 12.9. The molecule has 0 saturated carbocycles. The monoisotopic (exact) mass is 186 g/mol. The highest BCUT2D eigenvalue weighted by molar-refractivity contribution is 4.84. The van der Waals surface area contributed by atoms with Gasteiger partial charge >= 0.3 is 0 Å². The zero-order valence-electron chi connectivity index (χ0n) is 9.77. The molecule has 2 nitrogen and oxygen atoms in total. The Morgan fingerprint density at radius 1 is 1.08 bits per heavy atom. The summed E-state index contributed by atoms with van der Waals surface area (Å²) in [5.41, 5.74) is 6.29. The van der Waals surface area contributed by atoms with E-state index in [0.717, 1.165) is 25.9 Å². The van der Waals surface area contributed by atoms with Gasteiger partial charge in [0, 0.05) is 12.1 Å². The molecular weight excluding hydrogens is 160 g/mol. The minimum atomic E-state index is 0.0329. The molecular formula is C11H26N2. The number of hydrogen-bond acceptors (Lipinski definition) is 2. The van der Waals surface area contributed by atoms with Gasteiger partial charge in [-0.1, -0.05) is 27.7 Å². The van der Waals surface area contributed by atoms with Crippen molar-refractivity contribution < 1.29 is 0 Å². The van der Waals surface area contributed by atoms with Gasteiger partial charge in [-0.2, -0.15) is 0 Å². The van der Waals surface area contributed by atoms with E-state index in [2.05, 4.69) is 32.6 Å². The molecule has 80 valence electrons. The lowest BCUT2D eigenvalue weighted by Gasteiger charge is -2.33. The van der Waals surface area contributed by atoms with E-state index in [1.165, 1.54) is 13.0 Å². The first-order valence-electron chi connectivity index (χ1n) is 5.63. The number of nitrogens with zero attached hydrogens (tertiary/aromatic N) is 1. The van der Waals surface area contributed by atoms with Crippen LogP contribution in [-0.4, -0.2) is 30.1 Å². The lowest BCUT2D eigenvalue weighted by molar-refractivity contribution is 0.207. The van der Waals surface area contributed by atoms with Crippen molar-refractivity contribution in [3.05, 3.63) is 0 Å². The van der Waals surface area contributed by atoms with Crippen molar-refractivity contribution in [1.29, 1.82) is 0 Å². The fourth-order valence-corrected chi connectivity index (χ4v) is 1.58. The van der Waals surface area contributed by atoms with Gasteiger partial charge in [0.25, 0.3) is 0 Å². The van der Waals surface area contributed by atoms with Gasteiger partial charge in [0.05, 0.1) is 0 Å². The predicted octanol–water partition coefficient (Wildman–Crippen LogP) is 2.24. The van der Waals surface area contributed by atoms with Gasteiger partial charge in [-0.3, -0.25) is 0 Å². The Bertz CT molecular complexity index is 119. The molecule has 0 aromatic heterocycles. The van der Waals surface area contributed by atoms with Crippen molar-refractivity contribution >= 4 is 0 Å². The van der Waals surface area contributed by atoms with Crippen LogP contribution in [0.5, 0.6) is 0 Å². The minimum absolute atomic E-state index is 0.0329. The molecule has 13 heavy (non-hydrogen) atoms. The molecule has 0 unspecified atom stereocenters. The standard InChI is InChI=1S/C11H26N2/c1-5-9-13(8-4)10-11(12,6-2)7-3/h5-10,12H2,1-4H3. The molecule has 2 heteroatoms. The van der Waals surface area contributed by atoms with Crippen LogP contribution >= 0.6 is 0 Å². The molecule has 0 radical (unpaired) electrons. The topological polar surface area (TPSA) is 29.3 Å². The molecule has 0 atom stereocenters. The zero-order valence-corrected chi connectivity index (χ0v) is 9.77. The van der Waals surface area contributed by atoms with Crippen LogP contribution in [0.15, 0.2) is 0 Å². The third-order valence-electron chi connectivity index (χ3n) is 2.93. The van der Waals surface area contributed by atoms with Crippen LogP contribution in [0.2, 0.25) is 0 Å². The summed E-state index contributed by atoms with van der Waals surface area (Å²) < 4.78 is 0. The highest BCUT2D eigenvalue weighted by atomic mass is 15.1. The van der Waals surface area contributed by atoms with E-state index in [-0.39, 0.29) is 5.54 Å². The van der Waals surface area contributed by atoms with Crippen LogP contribution in [0.1, 0.15) is 47.0 Å². The summed E-state index contributed by atoms with van der Waals surface area (Å²) in [7, 11) is 0. The van der Waals surface area contributed by atoms with Gasteiger partial charge in [0.2, 0.25) is 0 Å². The molecule has 0 amide bonds. The van der Waals surface area contributed by atoms with Crippen molar-refractivity contribution in [2.24, 2.45) is 5.73 Å². The summed E-state index contributed by atoms with van der Waals surface area (Å²) in [4.78, 5) is 2.45. The lowest BCUT2D eigenvalue weighted by atomic mass is 9.93. The second-order valence-electron chi connectivity index (χ2n) is 3.94. The average molecular weight is 186 g/mol. The number of hydrogen-bond donors (Lipinski definition) is 1. The van der Waals surface area contributed by atoms with Crippen LogP contribution in [0, 0.1) is 0 Å². The SMILES string of the molecule is CCCN(CC)CC(N)(CC)CC. The predicted molar refractivity (Wildman–Crippen MR) is 59.9 cm³/mol. The summed E-state index contributed by atoms with van der Waals surface area (Å²) in [6.07, 6.45) is 3.37. The van der Waals surface area contributed by atoms with E-state index in [1.807, 2.05) is 0 Å². The van der Waals surface area contributed by atoms with Gasteiger partial charge in [0.1, 0.15) is 0 Å². The molecule has 0 aliphatic rings. The van der Waals surface area contributed by atoms with E-state index < -0.39 is 0 Å². The molecule has 0 heterocycles. The number of likely N-dealkylation sites (N-methyl/N-ethyl adjacent to an activating group) is 1. The summed E-state index contributed by atoms with van der Waals surface area (Å²) in [5, 5.41) is 0. The minimum Gasteiger partial charge on any atom is -0.324 e. The summed E-state index contributed by atoms with van der Waals surface area (Å²) >= 11 is 0. The second-order valence-corrected chi connectivity index (χ2v) is 3.94. The van der Waals surface area contributed by atoms with E-state index >= 15 is 0 Å². The maximum atomic E-state index is 6.26. The van der Waals surface area contributed by atoms with Crippen molar-refractivity contribution in [2.75, 3.05) is 19.6 Å². The van der Waals surface area contributed by atoms with Gasteiger partial charge in [0.15, 0.2) is 0 Å². The van der Waals surface area contributed by atoms with Crippen molar-refractivity contribution in [3.63, 3.8) is 0 Å². The summed E-state index contributed by atoms with van der Waals surface area (Å²) in [6.45, 7) is 12.1. The maximum absolute atomic E-state index is 6.26. The van der Waals surface area contributed by atoms with E-state index in [4.69, 9.17) is 5.73 Å². The van der Waals surface area contributed by atoms with Crippen molar-refractivity contribution in [1.82, 2.24) is 4.90 Å². The normalized spacial score (nSPS) is 12.5. The molecule has 0 spiro atoms. The highest BCUT2D eigenvalue weighted by Crippen LogP contribution is 2.13. The van der Waals surface area contributed by atoms with Gasteiger partial charge in [-0.05, 0) is 32.4 Å². The Morgan fingerprint density at radius 3 is 1.92 bits per heavy atom.